The molecule has 2 N–H and O–H groups in total. The molecule has 1 fully saturated rings. The van der Waals surface area contributed by atoms with Crippen molar-refractivity contribution in [1.29, 1.82) is 0 Å². The monoisotopic (exact) mass is 341 g/mol. The van der Waals surface area contributed by atoms with Crippen molar-refractivity contribution in [3.8, 4) is 0 Å². The van der Waals surface area contributed by atoms with Gasteiger partial charge in [-0.1, -0.05) is 0 Å². The number of ether oxygens (including phenoxy) is 1. The van der Waals surface area contributed by atoms with Crippen LogP contribution in [0.15, 0.2) is 22.6 Å². The van der Waals surface area contributed by atoms with Crippen molar-refractivity contribution in [2.45, 2.75) is 25.3 Å². The third-order valence-electron chi connectivity index (χ3n) is 3.93. The van der Waals surface area contributed by atoms with Gasteiger partial charge in [-0.15, -0.1) is 10.2 Å². The molecule has 128 valence electrons. The molecular formula is C16H15N5O4. The summed E-state index contributed by atoms with van der Waals surface area (Å²) in [5.41, 5.74) is 1.79. The molecule has 0 spiro atoms. The lowest BCUT2D eigenvalue weighted by molar-refractivity contribution is 0.0600. The SMILES string of the molecule is COC(=O)c1ccc2nc(CNC(=O)c3nnc(C4CC4)o3)[nH]c2c1. The lowest BCUT2D eigenvalue weighted by atomic mass is 10.2. The number of methoxy groups -OCH3 is 1. The average Bonchev–Trinajstić information content (AvgIpc) is 3.21. The summed E-state index contributed by atoms with van der Waals surface area (Å²) in [7, 11) is 1.33. The van der Waals surface area contributed by atoms with Gasteiger partial charge in [0.15, 0.2) is 0 Å². The second kappa shape index (κ2) is 6.00. The maximum atomic E-state index is 12.1. The molecule has 1 aliphatic carbocycles. The van der Waals surface area contributed by atoms with Crippen LogP contribution in [0.4, 0.5) is 0 Å². The van der Waals surface area contributed by atoms with E-state index in [1.54, 1.807) is 18.2 Å². The van der Waals surface area contributed by atoms with Gasteiger partial charge >= 0.3 is 17.8 Å². The van der Waals surface area contributed by atoms with Gasteiger partial charge in [0.1, 0.15) is 5.82 Å². The Morgan fingerprint density at radius 1 is 1.36 bits per heavy atom. The first-order chi connectivity index (χ1) is 12.1. The van der Waals surface area contributed by atoms with Crippen LogP contribution in [-0.4, -0.2) is 39.2 Å². The molecule has 0 saturated heterocycles. The van der Waals surface area contributed by atoms with Crippen molar-refractivity contribution in [1.82, 2.24) is 25.5 Å². The van der Waals surface area contributed by atoms with E-state index in [9.17, 15) is 9.59 Å². The molecule has 0 atom stereocenters. The molecule has 1 aromatic carbocycles. The molecule has 2 aromatic heterocycles. The van der Waals surface area contributed by atoms with Crippen LogP contribution in [0.25, 0.3) is 11.0 Å². The molecule has 0 bridgehead atoms. The van der Waals surface area contributed by atoms with Crippen LogP contribution in [0.3, 0.4) is 0 Å². The van der Waals surface area contributed by atoms with Crippen LogP contribution in [0.2, 0.25) is 0 Å². The highest BCUT2D eigenvalue weighted by Crippen LogP contribution is 2.38. The summed E-state index contributed by atoms with van der Waals surface area (Å²) in [6.07, 6.45) is 2.05. The van der Waals surface area contributed by atoms with Gasteiger partial charge in [-0.25, -0.2) is 9.78 Å². The van der Waals surface area contributed by atoms with E-state index in [1.165, 1.54) is 7.11 Å². The van der Waals surface area contributed by atoms with Crippen LogP contribution < -0.4 is 5.32 Å². The molecule has 9 nitrogen and oxygen atoms in total. The van der Waals surface area contributed by atoms with Crippen LogP contribution in [0.1, 0.15) is 51.5 Å². The number of aromatic nitrogens is 4. The second-order valence-corrected chi connectivity index (χ2v) is 5.81. The number of aromatic amines is 1. The molecule has 0 unspecified atom stereocenters. The number of fused-ring (bicyclic) bond motifs is 1. The molecule has 0 radical (unpaired) electrons. The van der Waals surface area contributed by atoms with Crippen LogP contribution >= 0.6 is 0 Å². The van der Waals surface area contributed by atoms with Crippen molar-refractivity contribution < 1.29 is 18.7 Å². The number of rotatable bonds is 5. The molecule has 0 aliphatic heterocycles. The molecule has 1 amide bonds. The number of hydrogen-bond donors (Lipinski definition) is 2. The summed E-state index contributed by atoms with van der Waals surface area (Å²) in [6, 6.07) is 5.00. The van der Waals surface area contributed by atoms with Crippen molar-refractivity contribution in [2.24, 2.45) is 0 Å². The molecule has 2 heterocycles. The van der Waals surface area contributed by atoms with Gasteiger partial charge in [-0.05, 0) is 31.0 Å². The predicted molar refractivity (Wildman–Crippen MR) is 84.9 cm³/mol. The second-order valence-electron chi connectivity index (χ2n) is 5.81. The molecule has 1 aliphatic rings. The first kappa shape index (κ1) is 15.3. The summed E-state index contributed by atoms with van der Waals surface area (Å²) < 4.78 is 10.0. The molecule has 1 saturated carbocycles. The zero-order chi connectivity index (χ0) is 17.4. The lowest BCUT2D eigenvalue weighted by Crippen LogP contribution is -2.23. The Hall–Kier alpha value is -3.23. The van der Waals surface area contributed by atoms with E-state index in [0.717, 1.165) is 12.8 Å². The first-order valence-electron chi connectivity index (χ1n) is 7.82. The van der Waals surface area contributed by atoms with Gasteiger partial charge in [0.25, 0.3) is 0 Å². The number of H-pyrrole nitrogens is 1. The van der Waals surface area contributed by atoms with Gasteiger partial charge in [0, 0.05) is 5.92 Å². The van der Waals surface area contributed by atoms with Gasteiger partial charge < -0.3 is 19.5 Å². The quantitative estimate of drug-likeness (QED) is 0.675. The highest BCUT2D eigenvalue weighted by molar-refractivity contribution is 5.93. The number of nitrogens with zero attached hydrogens (tertiary/aromatic N) is 3. The van der Waals surface area contributed by atoms with Crippen LogP contribution in [0, 0.1) is 0 Å². The van der Waals surface area contributed by atoms with Crippen molar-refractivity contribution in [3.63, 3.8) is 0 Å². The Balaban J connectivity index is 1.44. The third kappa shape index (κ3) is 3.08. The topological polar surface area (TPSA) is 123 Å². The van der Waals surface area contributed by atoms with Crippen LogP contribution in [-0.2, 0) is 11.3 Å². The Morgan fingerprint density at radius 2 is 2.20 bits per heavy atom. The number of amides is 1. The summed E-state index contributed by atoms with van der Waals surface area (Å²) in [6.45, 7) is 0.169. The number of carbonyl (C=O) groups excluding carboxylic acids is 2. The molecular weight excluding hydrogens is 326 g/mol. The predicted octanol–water partition coefficient (Wildman–Crippen LogP) is 1.54. The minimum absolute atomic E-state index is 0.0500. The van der Waals surface area contributed by atoms with Crippen molar-refractivity contribution in [3.05, 3.63) is 41.4 Å². The van der Waals surface area contributed by atoms with Crippen LogP contribution in [0.5, 0.6) is 0 Å². The fraction of sp³-hybridized carbons (Fsp3) is 0.312. The largest absolute Gasteiger partial charge is 0.465 e. The number of imidazole rings is 1. The molecule has 3 aromatic rings. The zero-order valence-electron chi connectivity index (χ0n) is 13.4. The van der Waals surface area contributed by atoms with E-state index < -0.39 is 11.9 Å². The van der Waals surface area contributed by atoms with Gasteiger partial charge in [0.2, 0.25) is 5.89 Å². The maximum absolute atomic E-state index is 12.1. The van der Waals surface area contributed by atoms with Crippen molar-refractivity contribution >= 4 is 22.9 Å². The Bertz CT molecular complexity index is 956. The lowest BCUT2D eigenvalue weighted by Gasteiger charge is -1.98. The fourth-order valence-electron chi connectivity index (χ4n) is 2.45. The van der Waals surface area contributed by atoms with E-state index in [2.05, 4.69) is 30.2 Å². The summed E-state index contributed by atoms with van der Waals surface area (Å²) in [4.78, 5) is 31.0. The summed E-state index contributed by atoms with van der Waals surface area (Å²) in [5.74, 6) is 0.445. The Kier molecular flexibility index (Phi) is 3.68. The molecule has 25 heavy (non-hydrogen) atoms. The number of esters is 1. The zero-order valence-corrected chi connectivity index (χ0v) is 13.4. The minimum Gasteiger partial charge on any atom is -0.465 e. The first-order valence-corrected chi connectivity index (χ1v) is 7.82. The Labute approximate surface area is 141 Å². The maximum Gasteiger partial charge on any atom is 0.337 e. The van der Waals surface area contributed by atoms with Gasteiger partial charge in [0.05, 0.1) is 30.3 Å². The van der Waals surface area contributed by atoms with E-state index >= 15 is 0 Å². The number of benzene rings is 1. The highest BCUT2D eigenvalue weighted by Gasteiger charge is 2.30. The normalized spacial score (nSPS) is 13.8. The fourth-order valence-corrected chi connectivity index (χ4v) is 2.45. The average molecular weight is 341 g/mol. The Morgan fingerprint density at radius 3 is 2.96 bits per heavy atom. The standard InChI is InChI=1S/C16H15N5O4/c1-24-16(23)9-4-5-10-11(6-9)19-12(18-10)7-17-13(22)15-21-20-14(25-15)8-2-3-8/h4-6,8H,2-3,7H2,1H3,(H,17,22)(H,18,19). The molecule has 9 heteroatoms. The number of hydrogen-bond acceptors (Lipinski definition) is 7. The van der Waals surface area contributed by atoms with Gasteiger partial charge in [-0.2, -0.15) is 0 Å². The van der Waals surface area contributed by atoms with E-state index in [-0.39, 0.29) is 12.4 Å². The van der Waals surface area contributed by atoms with E-state index in [4.69, 9.17) is 4.42 Å². The summed E-state index contributed by atoms with van der Waals surface area (Å²) >= 11 is 0. The number of carbonyl (C=O) groups is 2. The highest BCUT2D eigenvalue weighted by atomic mass is 16.5. The van der Waals surface area contributed by atoms with Gasteiger partial charge in [-0.3, -0.25) is 4.79 Å². The van der Waals surface area contributed by atoms with E-state index in [0.29, 0.717) is 34.2 Å². The summed E-state index contributed by atoms with van der Waals surface area (Å²) in [5, 5.41) is 10.3. The minimum atomic E-state index is -0.449. The smallest absolute Gasteiger partial charge is 0.337 e. The number of nitrogens with one attached hydrogen (secondary N) is 2. The third-order valence-corrected chi connectivity index (χ3v) is 3.93. The molecule has 4 rings (SSSR count). The van der Waals surface area contributed by atoms with E-state index in [1.807, 2.05) is 0 Å². The van der Waals surface area contributed by atoms with Crippen molar-refractivity contribution in [2.75, 3.05) is 7.11 Å².